The largest absolute Gasteiger partial charge is 0.493 e. The van der Waals surface area contributed by atoms with Crippen LogP contribution in [0.5, 0.6) is 11.5 Å². The van der Waals surface area contributed by atoms with Gasteiger partial charge in [-0.2, -0.15) is 0 Å². The standard InChI is InChI=1S/2C22H28O4S/c1-15-7-11-17(12-8-15)27(23,24)18-13-9-16(10-14-18)26-20-21(2,3)19(25-6)22(20,4)5;1-17-3-11-21(12-4-17)27(23,24)22-13-9-20(10-14-22)26-16-19-7-5-18(6-8-19)15-25-2/h7-14,19-20H,1-6H3;3-4,9-14,18-19H,5-8,15-16H2,1-2H3. The number of ether oxygens (including phenoxy) is 4. The molecule has 0 amide bonds. The molecule has 8 nitrogen and oxygen atoms in total. The minimum Gasteiger partial charge on any atom is -0.493 e. The van der Waals surface area contributed by atoms with Crippen LogP contribution in [0, 0.1) is 36.5 Å². The van der Waals surface area contributed by atoms with E-state index in [4.69, 9.17) is 18.9 Å². The normalized spacial score (nSPS) is 21.9. The van der Waals surface area contributed by atoms with Crippen LogP contribution < -0.4 is 9.47 Å². The Morgan fingerprint density at radius 1 is 0.519 bits per heavy atom. The van der Waals surface area contributed by atoms with Crippen LogP contribution in [-0.2, 0) is 29.1 Å². The Kier molecular flexibility index (Phi) is 13.0. The first kappa shape index (κ1) is 41.5. The fourth-order valence-electron chi connectivity index (χ4n) is 8.28. The van der Waals surface area contributed by atoms with Gasteiger partial charge < -0.3 is 18.9 Å². The summed E-state index contributed by atoms with van der Waals surface area (Å²) < 4.78 is 74.0. The van der Waals surface area contributed by atoms with Gasteiger partial charge in [0.05, 0.1) is 32.3 Å². The Labute approximate surface area is 323 Å². The van der Waals surface area contributed by atoms with Crippen molar-refractivity contribution in [2.45, 2.75) is 99.0 Å². The average Bonchev–Trinajstić information content (AvgIpc) is 3.14. The molecule has 0 radical (unpaired) electrons. The molecule has 10 heteroatoms. The van der Waals surface area contributed by atoms with Crippen LogP contribution in [-0.4, -0.2) is 56.5 Å². The molecule has 0 atom stereocenters. The summed E-state index contributed by atoms with van der Waals surface area (Å²) in [7, 11) is -3.52. The molecule has 4 aromatic rings. The van der Waals surface area contributed by atoms with Crippen molar-refractivity contribution in [2.75, 3.05) is 27.4 Å². The topological polar surface area (TPSA) is 105 Å². The maximum atomic E-state index is 12.8. The number of sulfone groups is 2. The first-order valence-corrected chi connectivity index (χ1v) is 21.6. The Morgan fingerprint density at radius 3 is 1.24 bits per heavy atom. The second-order valence-electron chi connectivity index (χ2n) is 16.0. The summed E-state index contributed by atoms with van der Waals surface area (Å²) in [5, 5.41) is 0. The van der Waals surface area contributed by atoms with E-state index in [2.05, 4.69) is 27.7 Å². The summed E-state index contributed by atoms with van der Waals surface area (Å²) in [4.78, 5) is 1.17. The molecule has 54 heavy (non-hydrogen) atoms. The molecule has 2 aliphatic rings. The molecule has 292 valence electrons. The van der Waals surface area contributed by atoms with E-state index in [0.29, 0.717) is 38.9 Å². The van der Waals surface area contributed by atoms with Gasteiger partial charge in [-0.25, -0.2) is 16.8 Å². The van der Waals surface area contributed by atoms with Crippen LogP contribution in [0.1, 0.15) is 64.5 Å². The third-order valence-corrected chi connectivity index (χ3v) is 14.5. The van der Waals surface area contributed by atoms with Crippen LogP contribution in [0.2, 0.25) is 0 Å². The summed E-state index contributed by atoms with van der Waals surface area (Å²) in [6.07, 6.45) is 4.79. The van der Waals surface area contributed by atoms with Crippen molar-refractivity contribution in [3.8, 4) is 11.5 Å². The van der Waals surface area contributed by atoms with E-state index in [0.717, 1.165) is 36.3 Å². The zero-order valence-electron chi connectivity index (χ0n) is 32.9. The molecule has 0 bridgehead atoms. The minimum atomic E-state index is -3.53. The van der Waals surface area contributed by atoms with Gasteiger partial charge in [0.15, 0.2) is 0 Å². The summed E-state index contributed by atoms with van der Waals surface area (Å²) >= 11 is 0. The summed E-state index contributed by atoms with van der Waals surface area (Å²) in [5.74, 6) is 2.63. The molecule has 0 saturated heterocycles. The van der Waals surface area contributed by atoms with Crippen molar-refractivity contribution < 1.29 is 35.8 Å². The first-order chi connectivity index (χ1) is 25.5. The zero-order chi connectivity index (χ0) is 39.3. The monoisotopic (exact) mass is 776 g/mol. The predicted octanol–water partition coefficient (Wildman–Crippen LogP) is 9.32. The highest BCUT2D eigenvalue weighted by atomic mass is 32.2. The van der Waals surface area contributed by atoms with E-state index in [1.54, 1.807) is 99.1 Å². The maximum Gasteiger partial charge on any atom is 0.206 e. The van der Waals surface area contributed by atoms with Crippen molar-refractivity contribution in [2.24, 2.45) is 22.7 Å². The van der Waals surface area contributed by atoms with Gasteiger partial charge in [0.2, 0.25) is 19.7 Å². The molecule has 0 spiro atoms. The van der Waals surface area contributed by atoms with E-state index in [9.17, 15) is 16.8 Å². The number of hydrogen-bond acceptors (Lipinski definition) is 8. The van der Waals surface area contributed by atoms with Crippen molar-refractivity contribution in [1.82, 2.24) is 0 Å². The van der Waals surface area contributed by atoms with Gasteiger partial charge in [-0.1, -0.05) is 63.1 Å². The van der Waals surface area contributed by atoms with Crippen molar-refractivity contribution in [3.05, 3.63) is 108 Å². The van der Waals surface area contributed by atoms with E-state index < -0.39 is 19.7 Å². The fourth-order valence-corrected chi connectivity index (χ4v) is 10.8. The van der Waals surface area contributed by atoms with Crippen LogP contribution in [0.15, 0.2) is 117 Å². The molecule has 0 heterocycles. The van der Waals surface area contributed by atoms with Gasteiger partial charge in [-0.05, 0) is 124 Å². The van der Waals surface area contributed by atoms with Crippen molar-refractivity contribution in [3.63, 3.8) is 0 Å². The summed E-state index contributed by atoms with van der Waals surface area (Å²) in [6.45, 7) is 13.9. The molecule has 4 aromatic carbocycles. The molecule has 0 N–H and O–H groups in total. The Balaban J connectivity index is 0.000000208. The van der Waals surface area contributed by atoms with Crippen molar-refractivity contribution in [1.29, 1.82) is 0 Å². The second kappa shape index (κ2) is 17.0. The van der Waals surface area contributed by atoms with E-state index >= 15 is 0 Å². The molecule has 0 aliphatic heterocycles. The SMILES string of the molecule is COC1C(C)(C)C(Oc2ccc(S(=O)(=O)c3ccc(C)cc3)cc2)C1(C)C.COCC1CCC(COc2ccc(S(=O)(=O)c3ccc(C)cc3)cc2)CC1. The highest BCUT2D eigenvalue weighted by molar-refractivity contribution is 7.91. The lowest BCUT2D eigenvalue weighted by Crippen LogP contribution is -2.70. The fraction of sp³-hybridized carbons (Fsp3) is 0.455. The number of benzene rings is 4. The van der Waals surface area contributed by atoms with E-state index in [1.165, 1.54) is 12.8 Å². The van der Waals surface area contributed by atoms with Gasteiger partial charge in [0.1, 0.15) is 17.6 Å². The third-order valence-electron chi connectivity index (χ3n) is 11.0. The third kappa shape index (κ3) is 9.21. The van der Waals surface area contributed by atoms with Crippen LogP contribution in [0.25, 0.3) is 0 Å². The number of hydrogen-bond donors (Lipinski definition) is 0. The quantitative estimate of drug-likeness (QED) is 0.140. The Hall–Kier alpha value is -3.70. The second-order valence-corrected chi connectivity index (χ2v) is 19.9. The van der Waals surface area contributed by atoms with Gasteiger partial charge in [-0.3, -0.25) is 0 Å². The molecule has 6 rings (SSSR count). The molecular weight excluding hydrogens is 721 g/mol. The molecule has 2 fully saturated rings. The smallest absolute Gasteiger partial charge is 0.206 e. The van der Waals surface area contributed by atoms with Gasteiger partial charge >= 0.3 is 0 Å². The Morgan fingerprint density at radius 2 is 0.870 bits per heavy atom. The van der Waals surface area contributed by atoms with Crippen LogP contribution >= 0.6 is 0 Å². The summed E-state index contributed by atoms with van der Waals surface area (Å²) in [6, 6.07) is 27.2. The van der Waals surface area contributed by atoms with Crippen molar-refractivity contribution >= 4 is 19.7 Å². The number of methoxy groups -OCH3 is 2. The van der Waals surface area contributed by atoms with Gasteiger partial charge in [0, 0.05) is 31.7 Å². The Bertz CT molecular complexity index is 2010. The molecular formula is C44H56O8S2. The van der Waals surface area contributed by atoms with E-state index in [1.807, 2.05) is 26.0 Å². The first-order valence-electron chi connectivity index (χ1n) is 18.6. The van der Waals surface area contributed by atoms with Crippen LogP contribution in [0.4, 0.5) is 0 Å². The van der Waals surface area contributed by atoms with Crippen LogP contribution in [0.3, 0.4) is 0 Å². The predicted molar refractivity (Wildman–Crippen MR) is 212 cm³/mol. The zero-order valence-corrected chi connectivity index (χ0v) is 34.5. The number of rotatable bonds is 12. The maximum absolute atomic E-state index is 12.8. The molecule has 0 unspecified atom stereocenters. The summed E-state index contributed by atoms with van der Waals surface area (Å²) in [5.41, 5.74) is 1.82. The van der Waals surface area contributed by atoms with Gasteiger partial charge in [0.25, 0.3) is 0 Å². The highest BCUT2D eigenvalue weighted by Gasteiger charge is 2.64. The minimum absolute atomic E-state index is 0.0190. The van der Waals surface area contributed by atoms with E-state index in [-0.39, 0.29) is 27.9 Å². The lowest BCUT2D eigenvalue weighted by atomic mass is 9.51. The molecule has 2 aliphatic carbocycles. The lowest BCUT2D eigenvalue weighted by molar-refractivity contribution is -0.247. The number of aryl methyl sites for hydroxylation is 2. The molecule has 0 aromatic heterocycles. The van der Waals surface area contributed by atoms with Gasteiger partial charge in [-0.15, -0.1) is 0 Å². The lowest BCUT2D eigenvalue weighted by Gasteiger charge is -2.62. The highest BCUT2D eigenvalue weighted by Crippen LogP contribution is 2.56. The average molecular weight is 777 g/mol. The molecule has 2 saturated carbocycles.